The fraction of sp³-hybridized carbons (Fsp3) is 0.500. The average molecular weight is 290 g/mol. The molecule has 114 valence electrons. The molecule has 0 saturated heterocycles. The van der Waals surface area contributed by atoms with Gasteiger partial charge in [0.2, 0.25) is 11.8 Å². The van der Waals surface area contributed by atoms with Crippen LogP contribution in [0.4, 0.5) is 0 Å². The molecule has 0 heterocycles. The van der Waals surface area contributed by atoms with Crippen LogP contribution >= 0.6 is 0 Å². The van der Waals surface area contributed by atoms with Crippen molar-refractivity contribution in [3.63, 3.8) is 0 Å². The Kier molecular flexibility index (Phi) is 4.96. The molecule has 0 bridgehead atoms. The Morgan fingerprint density at radius 1 is 1.24 bits per heavy atom. The Bertz CT molecular complexity index is 524. The summed E-state index contributed by atoms with van der Waals surface area (Å²) in [5, 5.41) is 5.62. The number of benzene rings is 1. The van der Waals surface area contributed by atoms with Crippen LogP contribution in [0.25, 0.3) is 0 Å². The number of amides is 2. The number of methoxy groups -OCH3 is 1. The highest BCUT2D eigenvalue weighted by Gasteiger charge is 2.56. The first kappa shape index (κ1) is 15.5. The largest absolute Gasteiger partial charge is 0.383 e. The molecule has 2 amide bonds. The van der Waals surface area contributed by atoms with E-state index in [1.165, 1.54) is 0 Å². The van der Waals surface area contributed by atoms with Gasteiger partial charge in [0.05, 0.1) is 6.61 Å². The van der Waals surface area contributed by atoms with E-state index in [0.29, 0.717) is 32.5 Å². The maximum absolute atomic E-state index is 12.3. The van der Waals surface area contributed by atoms with Crippen LogP contribution < -0.4 is 10.6 Å². The van der Waals surface area contributed by atoms with E-state index in [1.807, 2.05) is 31.2 Å². The fourth-order valence-corrected chi connectivity index (χ4v) is 2.29. The van der Waals surface area contributed by atoms with Gasteiger partial charge in [0.25, 0.3) is 0 Å². The molecule has 1 aromatic carbocycles. The highest BCUT2D eigenvalue weighted by Crippen LogP contribution is 2.46. The van der Waals surface area contributed by atoms with Crippen LogP contribution in [0.2, 0.25) is 0 Å². The minimum Gasteiger partial charge on any atom is -0.383 e. The number of hydrogen-bond acceptors (Lipinski definition) is 3. The van der Waals surface area contributed by atoms with Crippen molar-refractivity contribution in [1.29, 1.82) is 0 Å². The molecule has 0 aromatic heterocycles. The molecule has 21 heavy (non-hydrogen) atoms. The van der Waals surface area contributed by atoms with Gasteiger partial charge in [0.1, 0.15) is 5.41 Å². The number of hydrogen-bond donors (Lipinski definition) is 2. The van der Waals surface area contributed by atoms with Crippen molar-refractivity contribution in [2.45, 2.75) is 26.3 Å². The van der Waals surface area contributed by atoms with Crippen LogP contribution in [0.1, 0.15) is 24.0 Å². The summed E-state index contributed by atoms with van der Waals surface area (Å²) < 4.78 is 4.89. The minimum atomic E-state index is -0.864. The Morgan fingerprint density at radius 2 is 1.95 bits per heavy atom. The first-order chi connectivity index (χ1) is 10.1. The average Bonchev–Trinajstić information content (AvgIpc) is 3.27. The molecule has 0 radical (unpaired) electrons. The Labute approximate surface area is 125 Å². The van der Waals surface area contributed by atoms with Crippen molar-refractivity contribution in [3.05, 3.63) is 35.4 Å². The normalized spacial score (nSPS) is 15.3. The van der Waals surface area contributed by atoms with Crippen molar-refractivity contribution in [1.82, 2.24) is 10.6 Å². The first-order valence-electron chi connectivity index (χ1n) is 7.19. The van der Waals surface area contributed by atoms with E-state index < -0.39 is 5.41 Å². The Morgan fingerprint density at radius 3 is 2.57 bits per heavy atom. The quantitative estimate of drug-likeness (QED) is 0.585. The molecule has 2 N–H and O–H groups in total. The maximum atomic E-state index is 12.3. The molecule has 2 rings (SSSR count). The van der Waals surface area contributed by atoms with Crippen molar-refractivity contribution >= 4 is 11.8 Å². The number of nitrogens with one attached hydrogen (secondary N) is 2. The molecule has 1 fully saturated rings. The molecule has 0 spiro atoms. The SMILES string of the molecule is COCCNC(=O)C1(C(=O)NCc2cccc(C)c2)CC1. The van der Waals surface area contributed by atoms with Gasteiger partial charge in [-0.25, -0.2) is 0 Å². The molecule has 5 nitrogen and oxygen atoms in total. The number of carbonyl (C=O) groups excluding carboxylic acids is 2. The zero-order valence-corrected chi connectivity index (χ0v) is 12.6. The second kappa shape index (κ2) is 6.72. The lowest BCUT2D eigenvalue weighted by Crippen LogP contribution is -2.43. The summed E-state index contributed by atoms with van der Waals surface area (Å²) in [6.45, 7) is 3.35. The summed E-state index contributed by atoms with van der Waals surface area (Å²) in [5.41, 5.74) is 1.33. The van der Waals surface area contributed by atoms with Gasteiger partial charge in [0, 0.05) is 20.2 Å². The number of aryl methyl sites for hydroxylation is 1. The zero-order chi connectivity index (χ0) is 15.3. The molecule has 1 aromatic rings. The summed E-state index contributed by atoms with van der Waals surface area (Å²) in [5.74, 6) is -0.375. The van der Waals surface area contributed by atoms with Crippen LogP contribution in [-0.4, -0.2) is 32.1 Å². The lowest BCUT2D eigenvalue weighted by molar-refractivity contribution is -0.137. The Hall–Kier alpha value is -1.88. The fourth-order valence-electron chi connectivity index (χ4n) is 2.29. The first-order valence-corrected chi connectivity index (χ1v) is 7.19. The van der Waals surface area contributed by atoms with E-state index >= 15 is 0 Å². The molecule has 0 aliphatic heterocycles. The number of carbonyl (C=O) groups is 2. The predicted octanol–water partition coefficient (Wildman–Crippen LogP) is 1.15. The third-order valence-corrected chi connectivity index (χ3v) is 3.75. The smallest absolute Gasteiger partial charge is 0.235 e. The van der Waals surface area contributed by atoms with Gasteiger partial charge >= 0.3 is 0 Å². The Balaban J connectivity index is 1.86. The topological polar surface area (TPSA) is 67.4 Å². The van der Waals surface area contributed by atoms with Gasteiger partial charge in [-0.05, 0) is 25.3 Å². The third-order valence-electron chi connectivity index (χ3n) is 3.75. The van der Waals surface area contributed by atoms with Crippen LogP contribution in [0.3, 0.4) is 0 Å². The van der Waals surface area contributed by atoms with Crippen molar-refractivity contribution in [3.8, 4) is 0 Å². The van der Waals surface area contributed by atoms with Crippen LogP contribution in [0, 0.1) is 12.3 Å². The second-order valence-electron chi connectivity index (χ2n) is 5.50. The summed E-state index contributed by atoms with van der Waals surface area (Å²) in [6.07, 6.45) is 1.23. The van der Waals surface area contributed by atoms with Crippen molar-refractivity contribution < 1.29 is 14.3 Å². The van der Waals surface area contributed by atoms with Crippen LogP contribution in [0.5, 0.6) is 0 Å². The van der Waals surface area contributed by atoms with E-state index in [0.717, 1.165) is 11.1 Å². The molecule has 1 aliphatic rings. The summed E-state index contributed by atoms with van der Waals surface area (Å²) >= 11 is 0. The molecular formula is C16H22N2O3. The molecule has 1 saturated carbocycles. The van der Waals surface area contributed by atoms with Gasteiger partial charge in [-0.2, -0.15) is 0 Å². The van der Waals surface area contributed by atoms with E-state index in [1.54, 1.807) is 7.11 Å². The maximum Gasteiger partial charge on any atom is 0.235 e. The van der Waals surface area contributed by atoms with E-state index in [4.69, 9.17) is 4.74 Å². The highest BCUT2D eigenvalue weighted by atomic mass is 16.5. The van der Waals surface area contributed by atoms with Gasteiger partial charge in [0.15, 0.2) is 0 Å². The second-order valence-corrected chi connectivity index (χ2v) is 5.50. The lowest BCUT2D eigenvalue weighted by atomic mass is 10.0. The van der Waals surface area contributed by atoms with E-state index in [9.17, 15) is 9.59 Å². The molecule has 0 atom stereocenters. The summed E-state index contributed by atoms with van der Waals surface area (Å²) in [7, 11) is 1.58. The highest BCUT2D eigenvalue weighted by molar-refractivity contribution is 6.07. The molecule has 5 heteroatoms. The van der Waals surface area contributed by atoms with Gasteiger partial charge in [-0.1, -0.05) is 29.8 Å². The van der Waals surface area contributed by atoms with E-state index in [-0.39, 0.29) is 11.8 Å². The molecule has 0 unspecified atom stereocenters. The monoisotopic (exact) mass is 290 g/mol. The van der Waals surface area contributed by atoms with Gasteiger partial charge in [-0.3, -0.25) is 9.59 Å². The molecule has 1 aliphatic carbocycles. The summed E-state index contributed by atoms with van der Waals surface area (Å²) in [6, 6.07) is 7.96. The van der Waals surface area contributed by atoms with E-state index in [2.05, 4.69) is 10.6 Å². The van der Waals surface area contributed by atoms with Crippen LogP contribution in [0.15, 0.2) is 24.3 Å². The zero-order valence-electron chi connectivity index (χ0n) is 12.6. The van der Waals surface area contributed by atoms with Gasteiger partial charge in [-0.15, -0.1) is 0 Å². The third kappa shape index (κ3) is 3.82. The summed E-state index contributed by atoms with van der Waals surface area (Å²) in [4.78, 5) is 24.3. The lowest BCUT2D eigenvalue weighted by Gasteiger charge is -2.15. The number of rotatable bonds is 7. The minimum absolute atomic E-state index is 0.182. The standard InChI is InChI=1S/C16H22N2O3/c1-12-4-3-5-13(10-12)11-18-15(20)16(6-7-16)14(19)17-8-9-21-2/h3-5,10H,6-9,11H2,1-2H3,(H,17,19)(H,18,20). The molecular weight excluding hydrogens is 268 g/mol. The van der Waals surface area contributed by atoms with Crippen LogP contribution in [-0.2, 0) is 20.9 Å². The van der Waals surface area contributed by atoms with Gasteiger partial charge < -0.3 is 15.4 Å². The van der Waals surface area contributed by atoms with Crippen molar-refractivity contribution in [2.75, 3.05) is 20.3 Å². The number of ether oxygens (including phenoxy) is 1. The predicted molar refractivity (Wildman–Crippen MR) is 79.6 cm³/mol. The van der Waals surface area contributed by atoms with Crippen molar-refractivity contribution in [2.24, 2.45) is 5.41 Å².